The van der Waals surface area contributed by atoms with E-state index < -0.39 is 11.6 Å². The number of hydrogen-bond donors (Lipinski definition) is 2. The molecule has 0 saturated carbocycles. The number of aliphatic hydroxyl groups is 1. The molecule has 0 aliphatic carbocycles. The highest BCUT2D eigenvalue weighted by molar-refractivity contribution is 5.90. The molecule has 0 saturated heterocycles. The maximum absolute atomic E-state index is 13.4. The Morgan fingerprint density at radius 1 is 1.31 bits per heavy atom. The Labute approximate surface area is 183 Å². The van der Waals surface area contributed by atoms with Gasteiger partial charge in [0.15, 0.2) is 5.60 Å². The number of ether oxygens (including phenoxy) is 1. The second kappa shape index (κ2) is 7.00. The van der Waals surface area contributed by atoms with Crippen LogP contribution in [0.5, 0.6) is 0 Å². The topological polar surface area (TPSA) is 111 Å². The molecule has 32 heavy (non-hydrogen) atoms. The van der Waals surface area contributed by atoms with Crippen molar-refractivity contribution >= 4 is 22.8 Å². The number of carbonyl (C=O) groups excluding carboxylic acids is 2. The van der Waals surface area contributed by atoms with Crippen molar-refractivity contribution in [1.29, 1.82) is 0 Å². The van der Waals surface area contributed by atoms with Crippen LogP contribution < -0.4 is 10.9 Å². The van der Waals surface area contributed by atoms with Crippen molar-refractivity contribution in [2.75, 3.05) is 0 Å². The van der Waals surface area contributed by atoms with Gasteiger partial charge in [0, 0.05) is 23.4 Å². The van der Waals surface area contributed by atoms with Gasteiger partial charge in [-0.25, -0.2) is 9.78 Å². The van der Waals surface area contributed by atoms with Crippen LogP contribution in [0.1, 0.15) is 55.5 Å². The molecule has 2 atom stereocenters. The summed E-state index contributed by atoms with van der Waals surface area (Å²) >= 11 is 0. The van der Waals surface area contributed by atoms with Crippen LogP contribution in [0.25, 0.3) is 22.3 Å². The van der Waals surface area contributed by atoms with Gasteiger partial charge < -0.3 is 19.7 Å². The minimum absolute atomic E-state index is 0.0878. The predicted molar refractivity (Wildman–Crippen MR) is 117 cm³/mol. The molecule has 2 aliphatic heterocycles. The van der Waals surface area contributed by atoms with E-state index in [0.717, 1.165) is 22.0 Å². The van der Waals surface area contributed by atoms with Crippen molar-refractivity contribution in [1.82, 2.24) is 14.9 Å². The van der Waals surface area contributed by atoms with E-state index in [4.69, 9.17) is 9.72 Å². The fraction of sp³-hybridized carbons (Fsp3) is 0.333. The maximum atomic E-state index is 13.4. The van der Waals surface area contributed by atoms with E-state index >= 15 is 0 Å². The summed E-state index contributed by atoms with van der Waals surface area (Å²) < 4.78 is 6.74. The van der Waals surface area contributed by atoms with Crippen LogP contribution in [-0.4, -0.2) is 26.5 Å². The minimum Gasteiger partial charge on any atom is -0.458 e. The van der Waals surface area contributed by atoms with E-state index in [-0.39, 0.29) is 48.2 Å². The van der Waals surface area contributed by atoms with Crippen LogP contribution in [0, 0.1) is 0 Å². The van der Waals surface area contributed by atoms with Crippen LogP contribution in [-0.2, 0) is 33.1 Å². The molecule has 8 nitrogen and oxygen atoms in total. The number of pyridine rings is 2. The van der Waals surface area contributed by atoms with Crippen LogP contribution in [0.3, 0.4) is 0 Å². The number of nitrogens with one attached hydrogen (secondary N) is 1. The Morgan fingerprint density at radius 3 is 2.78 bits per heavy atom. The minimum atomic E-state index is -1.87. The first kappa shape index (κ1) is 20.4. The Hall–Kier alpha value is -3.52. The molecular weight excluding hydrogens is 410 g/mol. The summed E-state index contributed by atoms with van der Waals surface area (Å²) in [5, 5.41) is 14.9. The van der Waals surface area contributed by atoms with Gasteiger partial charge in [-0.3, -0.25) is 9.59 Å². The van der Waals surface area contributed by atoms with Crippen LogP contribution >= 0.6 is 0 Å². The summed E-state index contributed by atoms with van der Waals surface area (Å²) in [5.74, 6) is -0.902. The van der Waals surface area contributed by atoms with Crippen molar-refractivity contribution in [2.24, 2.45) is 0 Å². The van der Waals surface area contributed by atoms with Gasteiger partial charge >= 0.3 is 5.97 Å². The lowest BCUT2D eigenvalue weighted by Crippen LogP contribution is -2.44. The quantitative estimate of drug-likeness (QED) is 0.480. The van der Waals surface area contributed by atoms with Gasteiger partial charge in [0.1, 0.15) is 6.61 Å². The molecule has 0 bridgehead atoms. The summed E-state index contributed by atoms with van der Waals surface area (Å²) in [6.07, 6.45) is 0.0878. The highest BCUT2D eigenvalue weighted by Gasteiger charge is 2.45. The summed E-state index contributed by atoms with van der Waals surface area (Å²) in [5.41, 5.74) is 2.04. The van der Waals surface area contributed by atoms with Crippen LogP contribution in [0.15, 0.2) is 35.1 Å². The average molecular weight is 433 g/mol. The molecule has 4 heterocycles. The summed E-state index contributed by atoms with van der Waals surface area (Å²) in [4.78, 5) is 42.4. The highest BCUT2D eigenvalue weighted by atomic mass is 16.6. The Bertz CT molecular complexity index is 1380. The number of rotatable bonds is 3. The molecule has 0 spiro atoms. The first-order valence-electron chi connectivity index (χ1n) is 10.6. The largest absolute Gasteiger partial charge is 0.458 e. The number of cyclic esters (lactones) is 1. The lowest BCUT2D eigenvalue weighted by atomic mass is 9.86. The molecule has 5 rings (SSSR count). The molecule has 2 aliphatic rings. The molecule has 1 amide bonds. The summed E-state index contributed by atoms with van der Waals surface area (Å²) in [6, 6.07) is 9.04. The molecule has 3 aromatic rings. The first-order chi connectivity index (χ1) is 15.3. The number of amides is 1. The van der Waals surface area contributed by atoms with Gasteiger partial charge in [-0.05, 0) is 31.0 Å². The second-order valence-corrected chi connectivity index (χ2v) is 8.40. The van der Waals surface area contributed by atoms with Crippen molar-refractivity contribution in [2.45, 2.75) is 52.0 Å². The fourth-order valence-electron chi connectivity index (χ4n) is 4.93. The van der Waals surface area contributed by atoms with E-state index in [2.05, 4.69) is 5.32 Å². The van der Waals surface area contributed by atoms with Crippen molar-refractivity contribution in [3.63, 3.8) is 0 Å². The van der Waals surface area contributed by atoms with Gasteiger partial charge in [0.2, 0.25) is 5.91 Å². The SMILES string of the molecule is CC[C@@]1(O)C(=O)OCc2c1cc1n(c2=O)Cc2c-1nc1ccccc1c2[C@H](C)NC(C)=O. The number of carbonyl (C=O) groups is 2. The number of nitrogens with zero attached hydrogens (tertiary/aromatic N) is 2. The smallest absolute Gasteiger partial charge is 0.343 e. The molecule has 164 valence electrons. The second-order valence-electron chi connectivity index (χ2n) is 8.40. The van der Waals surface area contributed by atoms with E-state index in [1.165, 1.54) is 6.92 Å². The molecule has 0 fully saturated rings. The molecule has 0 radical (unpaired) electrons. The zero-order chi connectivity index (χ0) is 22.8. The number of esters is 1. The standard InChI is InChI=1S/C24H23N3O5/c1-4-24(31)17-9-19-21-15(10-27(19)22(29)16(17)11-32-23(24)30)20(12(2)25-13(3)28)14-7-5-6-8-18(14)26-21/h5-9,12,31H,4,10-11H2,1-3H3,(H,25,28)/t12-,24-/m0/s1. The highest BCUT2D eigenvalue weighted by Crippen LogP contribution is 2.41. The van der Waals surface area contributed by atoms with Crippen molar-refractivity contribution in [3.05, 3.63) is 62.9 Å². The Kier molecular flexibility index (Phi) is 4.46. The summed E-state index contributed by atoms with van der Waals surface area (Å²) in [6.45, 7) is 5.16. The first-order valence-corrected chi connectivity index (χ1v) is 10.6. The van der Waals surface area contributed by atoms with Crippen molar-refractivity contribution < 1.29 is 19.4 Å². The number of benzene rings is 1. The van der Waals surface area contributed by atoms with Crippen molar-refractivity contribution in [3.8, 4) is 11.4 Å². The Morgan fingerprint density at radius 2 is 2.06 bits per heavy atom. The lowest BCUT2D eigenvalue weighted by Gasteiger charge is -2.31. The third kappa shape index (κ3) is 2.72. The van der Waals surface area contributed by atoms with E-state index in [0.29, 0.717) is 11.4 Å². The third-order valence-electron chi connectivity index (χ3n) is 6.49. The normalized spacial score (nSPS) is 19.7. The van der Waals surface area contributed by atoms with E-state index in [1.807, 2.05) is 31.2 Å². The predicted octanol–water partition coefficient (Wildman–Crippen LogP) is 2.28. The summed E-state index contributed by atoms with van der Waals surface area (Å²) in [7, 11) is 0. The zero-order valence-electron chi connectivity index (χ0n) is 18.1. The van der Waals surface area contributed by atoms with Gasteiger partial charge in [0.25, 0.3) is 5.56 Å². The van der Waals surface area contributed by atoms with Crippen LogP contribution in [0.4, 0.5) is 0 Å². The van der Waals surface area contributed by atoms with Gasteiger partial charge in [0.05, 0.1) is 35.1 Å². The molecule has 2 N–H and O–H groups in total. The fourth-order valence-corrected chi connectivity index (χ4v) is 4.93. The molecular formula is C24H23N3O5. The van der Waals surface area contributed by atoms with Gasteiger partial charge in [-0.2, -0.15) is 0 Å². The molecule has 8 heteroatoms. The van der Waals surface area contributed by atoms with E-state index in [1.54, 1.807) is 17.6 Å². The Balaban J connectivity index is 1.81. The number of hydrogen-bond acceptors (Lipinski definition) is 6. The van der Waals surface area contributed by atoms with Gasteiger partial charge in [-0.15, -0.1) is 0 Å². The molecule has 1 aromatic carbocycles. The van der Waals surface area contributed by atoms with E-state index in [9.17, 15) is 19.5 Å². The number of para-hydroxylation sites is 1. The third-order valence-corrected chi connectivity index (χ3v) is 6.49. The molecule has 2 aromatic heterocycles. The average Bonchev–Trinajstić information content (AvgIpc) is 3.13. The maximum Gasteiger partial charge on any atom is 0.343 e. The van der Waals surface area contributed by atoms with Gasteiger partial charge in [-0.1, -0.05) is 25.1 Å². The van der Waals surface area contributed by atoms with Crippen LogP contribution in [0.2, 0.25) is 0 Å². The zero-order valence-corrected chi connectivity index (χ0v) is 18.1. The number of fused-ring (bicyclic) bond motifs is 5. The molecule has 0 unspecified atom stereocenters. The number of aromatic nitrogens is 2. The monoisotopic (exact) mass is 433 g/mol. The lowest BCUT2D eigenvalue weighted by molar-refractivity contribution is -0.172.